The van der Waals surface area contributed by atoms with Crippen molar-refractivity contribution < 1.29 is 8.42 Å². The molecule has 21 heavy (non-hydrogen) atoms. The van der Waals surface area contributed by atoms with E-state index in [1.54, 1.807) is 18.2 Å². The number of benzene rings is 2. The SMILES string of the molecule is Cc1ccc(S(=O)(=O)NC(C)c2ccccc2C)c(Br)c1. The lowest BCUT2D eigenvalue weighted by Crippen LogP contribution is -2.27. The second kappa shape index (κ2) is 6.30. The van der Waals surface area contributed by atoms with Gasteiger partial charge in [-0.2, -0.15) is 0 Å². The van der Waals surface area contributed by atoms with Gasteiger partial charge in [0.25, 0.3) is 0 Å². The fourth-order valence-electron chi connectivity index (χ4n) is 2.26. The third kappa shape index (κ3) is 3.73. The molecule has 0 radical (unpaired) electrons. The molecule has 0 aromatic heterocycles. The Hall–Kier alpha value is -1.17. The van der Waals surface area contributed by atoms with Crippen LogP contribution in [-0.2, 0) is 10.0 Å². The predicted octanol–water partition coefficient (Wildman–Crippen LogP) is 4.11. The summed E-state index contributed by atoms with van der Waals surface area (Å²) in [6, 6.07) is 12.7. The Kier molecular flexibility index (Phi) is 4.86. The fourth-order valence-corrected chi connectivity index (χ4v) is 4.67. The van der Waals surface area contributed by atoms with Crippen molar-refractivity contribution in [3.8, 4) is 0 Å². The lowest BCUT2D eigenvalue weighted by molar-refractivity contribution is 0.566. The minimum Gasteiger partial charge on any atom is -0.207 e. The zero-order chi connectivity index (χ0) is 15.6. The predicted molar refractivity (Wildman–Crippen MR) is 88.8 cm³/mol. The van der Waals surface area contributed by atoms with Gasteiger partial charge in [-0.15, -0.1) is 0 Å². The lowest BCUT2D eigenvalue weighted by atomic mass is 10.0. The largest absolute Gasteiger partial charge is 0.242 e. The Labute approximate surface area is 134 Å². The molecule has 112 valence electrons. The van der Waals surface area contributed by atoms with Crippen LogP contribution in [0.5, 0.6) is 0 Å². The molecule has 2 rings (SSSR count). The number of sulfonamides is 1. The van der Waals surface area contributed by atoms with Gasteiger partial charge in [-0.1, -0.05) is 30.3 Å². The monoisotopic (exact) mass is 367 g/mol. The quantitative estimate of drug-likeness (QED) is 0.883. The smallest absolute Gasteiger partial charge is 0.207 e. The first-order valence-corrected chi connectivity index (χ1v) is 8.93. The van der Waals surface area contributed by atoms with Crippen molar-refractivity contribution in [2.24, 2.45) is 0 Å². The highest BCUT2D eigenvalue weighted by Gasteiger charge is 2.21. The van der Waals surface area contributed by atoms with Crippen LogP contribution in [0.4, 0.5) is 0 Å². The summed E-state index contributed by atoms with van der Waals surface area (Å²) in [4.78, 5) is 0.258. The number of nitrogens with one attached hydrogen (secondary N) is 1. The molecule has 1 atom stereocenters. The van der Waals surface area contributed by atoms with Gasteiger partial charge in [-0.25, -0.2) is 13.1 Å². The van der Waals surface area contributed by atoms with E-state index in [0.717, 1.165) is 16.7 Å². The summed E-state index contributed by atoms with van der Waals surface area (Å²) in [5.74, 6) is 0. The van der Waals surface area contributed by atoms with E-state index in [4.69, 9.17) is 0 Å². The van der Waals surface area contributed by atoms with Crippen LogP contribution in [0.1, 0.15) is 29.7 Å². The van der Waals surface area contributed by atoms with E-state index in [2.05, 4.69) is 20.7 Å². The summed E-state index contributed by atoms with van der Waals surface area (Å²) < 4.78 is 28.3. The van der Waals surface area contributed by atoms with Crippen molar-refractivity contribution >= 4 is 26.0 Å². The van der Waals surface area contributed by atoms with Crippen LogP contribution in [0, 0.1) is 13.8 Å². The Balaban J connectivity index is 2.31. The van der Waals surface area contributed by atoms with Gasteiger partial charge in [0.05, 0.1) is 4.90 Å². The molecule has 0 saturated carbocycles. The van der Waals surface area contributed by atoms with Crippen molar-refractivity contribution in [1.82, 2.24) is 4.72 Å². The summed E-state index contributed by atoms with van der Waals surface area (Å²) >= 11 is 3.32. The maximum Gasteiger partial charge on any atom is 0.242 e. The van der Waals surface area contributed by atoms with Crippen LogP contribution in [-0.4, -0.2) is 8.42 Å². The molecular formula is C16H18BrNO2S. The Bertz CT molecular complexity index is 757. The Morgan fingerprint density at radius 3 is 2.38 bits per heavy atom. The summed E-state index contributed by atoms with van der Waals surface area (Å²) in [6.07, 6.45) is 0. The zero-order valence-electron chi connectivity index (χ0n) is 12.2. The van der Waals surface area contributed by atoms with Crippen LogP contribution in [0.25, 0.3) is 0 Å². The summed E-state index contributed by atoms with van der Waals surface area (Å²) in [5.41, 5.74) is 3.05. The van der Waals surface area contributed by atoms with Crippen LogP contribution >= 0.6 is 15.9 Å². The van der Waals surface area contributed by atoms with Gasteiger partial charge in [-0.3, -0.25) is 0 Å². The maximum atomic E-state index is 12.5. The average molecular weight is 368 g/mol. The molecule has 0 aliphatic rings. The molecule has 0 spiro atoms. The van der Waals surface area contributed by atoms with Gasteiger partial charge in [0, 0.05) is 10.5 Å². The molecule has 0 bridgehead atoms. The minimum atomic E-state index is -3.57. The second-order valence-electron chi connectivity index (χ2n) is 5.13. The first-order valence-electron chi connectivity index (χ1n) is 6.65. The normalized spacial score (nSPS) is 13.1. The Morgan fingerprint density at radius 2 is 1.76 bits per heavy atom. The van der Waals surface area contributed by atoms with E-state index >= 15 is 0 Å². The maximum absolute atomic E-state index is 12.5. The molecule has 0 aliphatic carbocycles. The third-order valence-electron chi connectivity index (χ3n) is 3.36. The van der Waals surface area contributed by atoms with Gasteiger partial charge in [-0.05, 0) is 65.5 Å². The second-order valence-corrected chi connectivity index (χ2v) is 7.67. The molecule has 2 aromatic rings. The first-order chi connectivity index (χ1) is 9.81. The van der Waals surface area contributed by atoms with Crippen molar-refractivity contribution in [3.63, 3.8) is 0 Å². The van der Waals surface area contributed by atoms with Gasteiger partial charge < -0.3 is 0 Å². The van der Waals surface area contributed by atoms with Crippen molar-refractivity contribution in [1.29, 1.82) is 0 Å². The van der Waals surface area contributed by atoms with Crippen molar-refractivity contribution in [3.05, 3.63) is 63.6 Å². The van der Waals surface area contributed by atoms with E-state index in [0.29, 0.717) is 4.47 Å². The summed E-state index contributed by atoms with van der Waals surface area (Å²) in [5, 5.41) is 0. The number of rotatable bonds is 4. The summed E-state index contributed by atoms with van der Waals surface area (Å²) in [6.45, 7) is 5.74. The molecule has 5 heteroatoms. The van der Waals surface area contributed by atoms with E-state index in [1.165, 1.54) is 0 Å². The highest BCUT2D eigenvalue weighted by Crippen LogP contribution is 2.25. The van der Waals surface area contributed by atoms with Gasteiger partial charge in [0.15, 0.2) is 0 Å². The lowest BCUT2D eigenvalue weighted by Gasteiger charge is -2.17. The summed E-state index contributed by atoms with van der Waals surface area (Å²) in [7, 11) is -3.57. The molecule has 0 saturated heterocycles. The molecule has 1 unspecified atom stereocenters. The van der Waals surface area contributed by atoms with E-state index in [-0.39, 0.29) is 10.9 Å². The third-order valence-corrected chi connectivity index (χ3v) is 5.88. The van der Waals surface area contributed by atoms with Crippen molar-refractivity contribution in [2.45, 2.75) is 31.7 Å². The molecule has 0 amide bonds. The van der Waals surface area contributed by atoms with E-state index < -0.39 is 10.0 Å². The molecule has 0 heterocycles. The zero-order valence-corrected chi connectivity index (χ0v) is 14.6. The number of hydrogen-bond donors (Lipinski definition) is 1. The Morgan fingerprint density at radius 1 is 1.10 bits per heavy atom. The topological polar surface area (TPSA) is 46.2 Å². The highest BCUT2D eigenvalue weighted by molar-refractivity contribution is 9.10. The molecule has 0 aliphatic heterocycles. The van der Waals surface area contributed by atoms with E-state index in [1.807, 2.05) is 45.0 Å². The standard InChI is InChI=1S/C16H18BrNO2S/c1-11-8-9-16(15(17)10-11)21(19,20)18-13(3)14-7-5-4-6-12(14)2/h4-10,13,18H,1-3H3. The fraction of sp³-hybridized carbons (Fsp3) is 0.250. The first kappa shape index (κ1) is 16.2. The number of hydrogen-bond acceptors (Lipinski definition) is 2. The number of halogens is 1. The van der Waals surface area contributed by atoms with Crippen molar-refractivity contribution in [2.75, 3.05) is 0 Å². The average Bonchev–Trinajstić information content (AvgIpc) is 2.37. The molecule has 2 aromatic carbocycles. The van der Waals surface area contributed by atoms with Crippen LogP contribution in [0.2, 0.25) is 0 Å². The highest BCUT2D eigenvalue weighted by atomic mass is 79.9. The van der Waals surface area contributed by atoms with Crippen LogP contribution in [0.15, 0.2) is 51.8 Å². The number of aryl methyl sites for hydroxylation is 2. The minimum absolute atomic E-state index is 0.258. The van der Waals surface area contributed by atoms with Crippen LogP contribution < -0.4 is 4.72 Å². The van der Waals surface area contributed by atoms with Crippen LogP contribution in [0.3, 0.4) is 0 Å². The molecule has 1 N–H and O–H groups in total. The van der Waals surface area contributed by atoms with Gasteiger partial charge >= 0.3 is 0 Å². The molecular weight excluding hydrogens is 350 g/mol. The van der Waals surface area contributed by atoms with Gasteiger partial charge in [0.1, 0.15) is 0 Å². The van der Waals surface area contributed by atoms with E-state index in [9.17, 15) is 8.42 Å². The molecule has 3 nitrogen and oxygen atoms in total. The van der Waals surface area contributed by atoms with Gasteiger partial charge in [0.2, 0.25) is 10.0 Å². The molecule has 0 fully saturated rings.